The van der Waals surface area contributed by atoms with E-state index in [1.165, 1.54) is 11.1 Å². The number of halogens is 2. The Morgan fingerprint density at radius 2 is 1.95 bits per heavy atom. The maximum absolute atomic E-state index is 6.52. The third kappa shape index (κ3) is 3.52. The molecule has 0 radical (unpaired) electrons. The van der Waals surface area contributed by atoms with Crippen LogP contribution in [0, 0.1) is 6.92 Å². The fourth-order valence-electron chi connectivity index (χ4n) is 2.03. The zero-order valence-corrected chi connectivity index (χ0v) is 13.3. The van der Waals surface area contributed by atoms with Gasteiger partial charge in [-0.2, -0.15) is 0 Å². The lowest BCUT2D eigenvalue weighted by molar-refractivity contribution is 0.412. The summed E-state index contributed by atoms with van der Waals surface area (Å²) in [5, 5.41) is -0.0386. The molecule has 100 valence electrons. The van der Waals surface area contributed by atoms with Crippen LogP contribution in [-0.2, 0) is 6.42 Å². The van der Waals surface area contributed by atoms with Gasteiger partial charge in [-0.1, -0.05) is 30.3 Å². The predicted molar refractivity (Wildman–Crippen MR) is 84.2 cm³/mol. The number of rotatable bonds is 4. The van der Waals surface area contributed by atoms with Crippen LogP contribution in [0.15, 0.2) is 46.9 Å². The first-order valence-electron chi connectivity index (χ1n) is 6.14. The highest BCUT2D eigenvalue weighted by Gasteiger charge is 2.12. The Bertz CT molecular complexity index is 568. The van der Waals surface area contributed by atoms with E-state index in [-0.39, 0.29) is 5.38 Å². The van der Waals surface area contributed by atoms with Crippen molar-refractivity contribution in [1.29, 1.82) is 0 Å². The molecule has 0 aliphatic carbocycles. The Morgan fingerprint density at radius 3 is 2.58 bits per heavy atom. The minimum absolute atomic E-state index is 0.0386. The van der Waals surface area contributed by atoms with Crippen molar-refractivity contribution in [2.75, 3.05) is 7.11 Å². The van der Waals surface area contributed by atoms with Gasteiger partial charge in [0, 0.05) is 0 Å². The summed E-state index contributed by atoms with van der Waals surface area (Å²) in [6.45, 7) is 2.11. The normalized spacial score (nSPS) is 12.2. The Balaban J connectivity index is 2.18. The predicted octanol–water partition coefficient (Wildman–Crippen LogP) is 5.29. The second kappa shape index (κ2) is 6.44. The van der Waals surface area contributed by atoms with E-state index in [4.69, 9.17) is 16.3 Å². The fraction of sp³-hybridized carbons (Fsp3) is 0.250. The largest absolute Gasteiger partial charge is 0.496 e. The standard InChI is InChI=1S/C16H16BrClO/c1-11-5-3-4-6-12(11)10-15(18)13-7-8-16(19-2)14(17)9-13/h3-9,15H,10H2,1-2H3. The number of hydrogen-bond acceptors (Lipinski definition) is 1. The molecule has 0 bridgehead atoms. The van der Waals surface area contributed by atoms with Gasteiger partial charge in [-0.05, 0) is 58.1 Å². The lowest BCUT2D eigenvalue weighted by Crippen LogP contribution is -1.98. The summed E-state index contributed by atoms with van der Waals surface area (Å²) >= 11 is 10.0. The van der Waals surface area contributed by atoms with Crippen molar-refractivity contribution in [3.8, 4) is 5.75 Å². The minimum Gasteiger partial charge on any atom is -0.496 e. The third-order valence-electron chi connectivity index (χ3n) is 3.20. The van der Waals surface area contributed by atoms with Gasteiger partial charge in [-0.3, -0.25) is 0 Å². The first-order chi connectivity index (χ1) is 9.11. The van der Waals surface area contributed by atoms with Gasteiger partial charge < -0.3 is 4.74 Å². The second-order valence-electron chi connectivity index (χ2n) is 4.49. The summed E-state index contributed by atoms with van der Waals surface area (Å²) < 4.78 is 6.16. The van der Waals surface area contributed by atoms with Crippen molar-refractivity contribution in [3.63, 3.8) is 0 Å². The Morgan fingerprint density at radius 1 is 1.21 bits per heavy atom. The maximum atomic E-state index is 6.52. The molecule has 3 heteroatoms. The van der Waals surface area contributed by atoms with Gasteiger partial charge in [-0.25, -0.2) is 0 Å². The van der Waals surface area contributed by atoms with Gasteiger partial charge in [0.2, 0.25) is 0 Å². The SMILES string of the molecule is COc1ccc(C(Cl)Cc2ccccc2C)cc1Br. The summed E-state index contributed by atoms with van der Waals surface area (Å²) in [7, 11) is 1.66. The van der Waals surface area contributed by atoms with E-state index in [9.17, 15) is 0 Å². The van der Waals surface area contributed by atoms with Crippen molar-refractivity contribution in [2.45, 2.75) is 18.7 Å². The molecule has 1 nitrogen and oxygen atoms in total. The van der Waals surface area contributed by atoms with Crippen LogP contribution in [0.5, 0.6) is 5.75 Å². The Labute approximate surface area is 127 Å². The Kier molecular flexibility index (Phi) is 4.89. The van der Waals surface area contributed by atoms with Crippen molar-refractivity contribution in [3.05, 3.63) is 63.6 Å². The number of aryl methyl sites for hydroxylation is 1. The summed E-state index contributed by atoms with van der Waals surface area (Å²) in [6, 6.07) is 14.3. The summed E-state index contributed by atoms with van der Waals surface area (Å²) in [6.07, 6.45) is 0.826. The quantitative estimate of drug-likeness (QED) is 0.688. The molecule has 0 aliphatic heterocycles. The molecule has 2 aromatic rings. The van der Waals surface area contributed by atoms with Crippen LogP contribution in [-0.4, -0.2) is 7.11 Å². The van der Waals surface area contributed by atoms with E-state index in [0.717, 1.165) is 22.2 Å². The molecule has 0 fully saturated rings. The maximum Gasteiger partial charge on any atom is 0.133 e. The van der Waals surface area contributed by atoms with E-state index < -0.39 is 0 Å². The van der Waals surface area contributed by atoms with E-state index >= 15 is 0 Å². The van der Waals surface area contributed by atoms with Gasteiger partial charge in [0.15, 0.2) is 0 Å². The molecular formula is C16H16BrClO. The highest BCUT2D eigenvalue weighted by molar-refractivity contribution is 9.10. The number of alkyl halides is 1. The third-order valence-corrected chi connectivity index (χ3v) is 4.22. The van der Waals surface area contributed by atoms with Gasteiger partial charge in [0.25, 0.3) is 0 Å². The molecule has 0 saturated carbocycles. The second-order valence-corrected chi connectivity index (χ2v) is 5.87. The lowest BCUT2D eigenvalue weighted by atomic mass is 10.0. The zero-order chi connectivity index (χ0) is 13.8. The van der Waals surface area contributed by atoms with E-state index in [1.54, 1.807) is 7.11 Å². The molecule has 0 aliphatic rings. The topological polar surface area (TPSA) is 9.23 Å². The highest BCUT2D eigenvalue weighted by Crippen LogP contribution is 2.32. The van der Waals surface area contributed by atoms with Crippen molar-refractivity contribution < 1.29 is 4.74 Å². The monoisotopic (exact) mass is 338 g/mol. The molecule has 0 amide bonds. The number of methoxy groups -OCH3 is 1. The van der Waals surface area contributed by atoms with E-state index in [1.807, 2.05) is 24.3 Å². The van der Waals surface area contributed by atoms with Crippen molar-refractivity contribution in [2.24, 2.45) is 0 Å². The molecular weight excluding hydrogens is 324 g/mol. The lowest BCUT2D eigenvalue weighted by Gasteiger charge is -2.13. The molecule has 1 atom stereocenters. The van der Waals surface area contributed by atoms with Gasteiger partial charge in [0.1, 0.15) is 5.75 Å². The first kappa shape index (κ1) is 14.4. The van der Waals surface area contributed by atoms with Crippen LogP contribution in [0.25, 0.3) is 0 Å². The zero-order valence-electron chi connectivity index (χ0n) is 11.0. The molecule has 0 saturated heterocycles. The van der Waals surface area contributed by atoms with Crippen LogP contribution in [0.3, 0.4) is 0 Å². The summed E-state index contributed by atoms with van der Waals surface area (Å²) in [4.78, 5) is 0. The smallest absolute Gasteiger partial charge is 0.133 e. The Hall–Kier alpha value is -0.990. The molecule has 19 heavy (non-hydrogen) atoms. The van der Waals surface area contributed by atoms with Crippen LogP contribution < -0.4 is 4.74 Å². The van der Waals surface area contributed by atoms with Crippen LogP contribution >= 0.6 is 27.5 Å². The minimum atomic E-state index is -0.0386. The number of benzene rings is 2. The molecule has 2 rings (SSSR count). The number of ether oxygens (including phenoxy) is 1. The van der Waals surface area contributed by atoms with Crippen LogP contribution in [0.2, 0.25) is 0 Å². The molecule has 2 aromatic carbocycles. The summed E-state index contributed by atoms with van der Waals surface area (Å²) in [5.41, 5.74) is 3.66. The van der Waals surface area contributed by atoms with Crippen molar-refractivity contribution in [1.82, 2.24) is 0 Å². The highest BCUT2D eigenvalue weighted by atomic mass is 79.9. The van der Waals surface area contributed by atoms with Crippen LogP contribution in [0.4, 0.5) is 0 Å². The summed E-state index contributed by atoms with van der Waals surface area (Å²) in [5.74, 6) is 0.823. The molecule has 1 unspecified atom stereocenters. The van der Waals surface area contributed by atoms with E-state index in [2.05, 4.69) is 41.1 Å². The molecule has 0 spiro atoms. The molecule has 0 aromatic heterocycles. The fourth-order valence-corrected chi connectivity index (χ4v) is 2.89. The van der Waals surface area contributed by atoms with Gasteiger partial charge in [-0.15, -0.1) is 11.6 Å². The van der Waals surface area contributed by atoms with Gasteiger partial charge in [0.05, 0.1) is 17.0 Å². The average molecular weight is 340 g/mol. The molecule has 0 N–H and O–H groups in total. The van der Waals surface area contributed by atoms with E-state index in [0.29, 0.717) is 0 Å². The first-order valence-corrected chi connectivity index (χ1v) is 7.36. The van der Waals surface area contributed by atoms with Crippen LogP contribution in [0.1, 0.15) is 22.1 Å². The van der Waals surface area contributed by atoms with Gasteiger partial charge >= 0.3 is 0 Å². The average Bonchev–Trinajstić information content (AvgIpc) is 2.41. The van der Waals surface area contributed by atoms with Crippen molar-refractivity contribution >= 4 is 27.5 Å². The molecule has 0 heterocycles. The number of hydrogen-bond donors (Lipinski definition) is 0.